The van der Waals surface area contributed by atoms with Crippen molar-refractivity contribution in [3.8, 4) is 0 Å². The molecule has 8 nitrogen and oxygen atoms in total. The van der Waals surface area contributed by atoms with Crippen molar-refractivity contribution in [3.63, 3.8) is 0 Å². The van der Waals surface area contributed by atoms with Crippen LogP contribution in [-0.4, -0.2) is 37.8 Å². The van der Waals surface area contributed by atoms with Crippen LogP contribution in [0.3, 0.4) is 0 Å². The molecule has 0 aromatic heterocycles. The third-order valence-corrected chi connectivity index (χ3v) is 5.04. The monoisotopic (exact) mass is 437 g/mol. The number of benzene rings is 2. The summed E-state index contributed by atoms with van der Waals surface area (Å²) in [6.07, 6.45) is 2.93. The van der Waals surface area contributed by atoms with Crippen LogP contribution in [0.15, 0.2) is 60.7 Å². The zero-order valence-electron chi connectivity index (χ0n) is 17.9. The first kappa shape index (κ1) is 22.9. The van der Waals surface area contributed by atoms with Crippen LogP contribution in [0.25, 0.3) is 5.57 Å². The number of hydrogen-bond donors (Lipinski definition) is 3. The van der Waals surface area contributed by atoms with E-state index < -0.39 is 12.1 Å². The largest absolute Gasteiger partial charge is 0.466 e. The minimum Gasteiger partial charge on any atom is -0.466 e. The van der Waals surface area contributed by atoms with Crippen LogP contribution in [0.4, 0.5) is 15.3 Å². The molecule has 0 aliphatic carbocycles. The number of anilines is 1. The molecule has 1 atom stereocenters. The fourth-order valence-electron chi connectivity index (χ4n) is 3.46. The Bertz CT molecular complexity index is 975. The number of nitrogens with one attached hydrogen (secondary N) is 3. The third kappa shape index (κ3) is 6.60. The highest BCUT2D eigenvalue weighted by Crippen LogP contribution is 2.30. The Labute approximate surface area is 187 Å². The molecule has 0 saturated carbocycles. The molecule has 2 aromatic carbocycles. The van der Waals surface area contributed by atoms with Crippen LogP contribution in [-0.2, 0) is 20.9 Å². The Morgan fingerprint density at radius 2 is 1.81 bits per heavy atom. The van der Waals surface area contributed by atoms with Crippen LogP contribution >= 0.6 is 0 Å². The average molecular weight is 437 g/mol. The summed E-state index contributed by atoms with van der Waals surface area (Å²) in [5, 5.41) is 8.44. The summed E-state index contributed by atoms with van der Waals surface area (Å²) < 4.78 is 9.99. The van der Waals surface area contributed by atoms with Gasteiger partial charge in [0.1, 0.15) is 6.61 Å². The zero-order chi connectivity index (χ0) is 22.8. The molecule has 2 aromatic rings. The fraction of sp³-hybridized carbons (Fsp3) is 0.292. The number of carbonyl (C=O) groups excluding carboxylic acids is 3. The lowest BCUT2D eigenvalue weighted by atomic mass is 9.93. The van der Waals surface area contributed by atoms with Crippen LogP contribution in [0.2, 0.25) is 0 Å². The van der Waals surface area contributed by atoms with Crippen LogP contribution in [0, 0.1) is 0 Å². The van der Waals surface area contributed by atoms with Gasteiger partial charge in [-0.3, -0.25) is 0 Å². The highest BCUT2D eigenvalue weighted by Gasteiger charge is 2.25. The lowest BCUT2D eigenvalue weighted by molar-refractivity contribution is -0.134. The second-order valence-electron chi connectivity index (χ2n) is 7.30. The number of ether oxygens (including phenoxy) is 2. The maximum Gasteiger partial charge on any atom is 0.407 e. The summed E-state index contributed by atoms with van der Waals surface area (Å²) >= 11 is 0. The highest BCUT2D eigenvalue weighted by atomic mass is 16.5. The van der Waals surface area contributed by atoms with E-state index in [0.717, 1.165) is 11.1 Å². The van der Waals surface area contributed by atoms with Gasteiger partial charge in [0.15, 0.2) is 0 Å². The van der Waals surface area contributed by atoms with Crippen LogP contribution < -0.4 is 16.0 Å². The van der Waals surface area contributed by atoms with Crippen molar-refractivity contribution in [1.29, 1.82) is 0 Å². The minimum atomic E-state index is -0.487. The topological polar surface area (TPSA) is 106 Å². The molecule has 0 bridgehead atoms. The van der Waals surface area contributed by atoms with E-state index in [9.17, 15) is 14.4 Å². The van der Waals surface area contributed by atoms with E-state index in [1.807, 2.05) is 48.5 Å². The number of alkyl carbamates (subject to hydrolysis) is 1. The lowest BCUT2D eigenvalue weighted by Gasteiger charge is -2.19. The zero-order valence-corrected chi connectivity index (χ0v) is 17.9. The average Bonchev–Trinajstić information content (AvgIpc) is 2.94. The van der Waals surface area contributed by atoms with Gasteiger partial charge in [-0.2, -0.15) is 0 Å². The SMILES string of the molecule is COC(=O)/C=C1/c2ccccc2NC(=O)N[C@H]1CCCCNC(=O)OCc1ccccc1. The molecule has 3 N–H and O–H groups in total. The quantitative estimate of drug-likeness (QED) is 0.331. The smallest absolute Gasteiger partial charge is 0.407 e. The first-order valence-electron chi connectivity index (χ1n) is 10.5. The Hall–Kier alpha value is -3.81. The molecule has 0 saturated heterocycles. The van der Waals surface area contributed by atoms with Gasteiger partial charge in [-0.25, -0.2) is 14.4 Å². The number of unbranched alkanes of at least 4 members (excludes halogenated alkanes) is 1. The molecule has 0 fully saturated rings. The van der Waals surface area contributed by atoms with Crippen molar-refractivity contribution in [2.75, 3.05) is 19.0 Å². The van der Waals surface area contributed by atoms with E-state index in [4.69, 9.17) is 9.47 Å². The van der Waals surface area contributed by atoms with Gasteiger partial charge in [-0.1, -0.05) is 48.5 Å². The summed E-state index contributed by atoms with van der Waals surface area (Å²) in [7, 11) is 1.32. The van der Waals surface area contributed by atoms with E-state index >= 15 is 0 Å². The molecule has 32 heavy (non-hydrogen) atoms. The van der Waals surface area contributed by atoms with Gasteiger partial charge in [-0.15, -0.1) is 0 Å². The molecular weight excluding hydrogens is 410 g/mol. The first-order valence-corrected chi connectivity index (χ1v) is 10.5. The fourth-order valence-corrected chi connectivity index (χ4v) is 3.46. The Kier molecular flexibility index (Phi) is 8.25. The molecule has 1 aliphatic heterocycles. The molecular formula is C24H27N3O5. The van der Waals surface area contributed by atoms with Crippen molar-refractivity contribution < 1.29 is 23.9 Å². The van der Waals surface area contributed by atoms with Gasteiger partial charge in [0, 0.05) is 23.9 Å². The second-order valence-corrected chi connectivity index (χ2v) is 7.30. The van der Waals surface area contributed by atoms with Gasteiger partial charge >= 0.3 is 18.1 Å². The number of amides is 3. The Morgan fingerprint density at radius 3 is 2.59 bits per heavy atom. The highest BCUT2D eigenvalue weighted by molar-refractivity contribution is 6.01. The van der Waals surface area contributed by atoms with E-state index in [1.54, 1.807) is 6.07 Å². The molecule has 168 valence electrons. The number of fused-ring (bicyclic) bond motifs is 1. The number of hydrogen-bond acceptors (Lipinski definition) is 5. The van der Waals surface area contributed by atoms with E-state index in [1.165, 1.54) is 13.2 Å². The Morgan fingerprint density at radius 1 is 1.06 bits per heavy atom. The van der Waals surface area contributed by atoms with Crippen LogP contribution in [0.5, 0.6) is 0 Å². The number of rotatable bonds is 8. The standard InChI is InChI=1S/C24H27N3O5/c1-31-22(28)15-19-18-11-5-6-12-20(18)26-23(29)27-21(19)13-7-8-14-25-24(30)32-16-17-9-3-2-4-10-17/h2-6,9-12,15,21H,7-8,13-14,16H2,1H3,(H,25,30)(H2,26,27,29)/b19-15-/t21-/m0/s1. The van der Waals surface area contributed by atoms with Crippen molar-refractivity contribution >= 4 is 29.4 Å². The van der Waals surface area contributed by atoms with Crippen molar-refractivity contribution in [2.45, 2.75) is 31.9 Å². The van der Waals surface area contributed by atoms with Gasteiger partial charge in [0.05, 0.1) is 13.2 Å². The van der Waals surface area contributed by atoms with Crippen molar-refractivity contribution in [2.24, 2.45) is 0 Å². The van der Waals surface area contributed by atoms with Gasteiger partial charge in [0.2, 0.25) is 0 Å². The van der Waals surface area contributed by atoms with E-state index in [0.29, 0.717) is 37.1 Å². The first-order chi connectivity index (χ1) is 15.6. The van der Waals surface area contributed by atoms with Crippen LogP contribution in [0.1, 0.15) is 30.4 Å². The molecule has 3 rings (SSSR count). The van der Waals surface area contributed by atoms with E-state index in [2.05, 4.69) is 16.0 Å². The molecule has 8 heteroatoms. The normalized spacial score (nSPS) is 16.2. The molecule has 1 heterocycles. The Balaban J connectivity index is 1.52. The lowest BCUT2D eigenvalue weighted by Crippen LogP contribution is -2.36. The van der Waals surface area contributed by atoms with Crippen molar-refractivity contribution in [1.82, 2.24) is 10.6 Å². The predicted molar refractivity (Wildman–Crippen MR) is 121 cm³/mol. The predicted octanol–water partition coefficient (Wildman–Crippen LogP) is 3.84. The second kappa shape index (κ2) is 11.5. The number of carbonyl (C=O) groups is 3. The van der Waals surface area contributed by atoms with Gasteiger partial charge < -0.3 is 25.4 Å². The maximum absolute atomic E-state index is 12.3. The maximum atomic E-state index is 12.3. The van der Waals surface area contributed by atoms with Gasteiger partial charge in [-0.05, 0) is 36.5 Å². The third-order valence-electron chi connectivity index (χ3n) is 5.04. The molecule has 1 aliphatic rings. The molecule has 0 radical (unpaired) electrons. The minimum absolute atomic E-state index is 0.217. The summed E-state index contributed by atoms with van der Waals surface area (Å²) in [5.41, 5.74) is 3.00. The molecule has 3 amide bonds. The molecule has 0 spiro atoms. The summed E-state index contributed by atoms with van der Waals surface area (Å²) in [6, 6.07) is 16.1. The molecule has 0 unspecified atom stereocenters. The number of esters is 1. The summed E-state index contributed by atoms with van der Waals surface area (Å²) in [5.74, 6) is -0.487. The summed E-state index contributed by atoms with van der Waals surface area (Å²) in [4.78, 5) is 36.1. The van der Waals surface area contributed by atoms with Crippen molar-refractivity contribution in [3.05, 3.63) is 71.8 Å². The number of para-hydroxylation sites is 1. The van der Waals surface area contributed by atoms with E-state index in [-0.39, 0.29) is 18.7 Å². The summed E-state index contributed by atoms with van der Waals surface area (Å²) in [6.45, 7) is 0.661. The van der Waals surface area contributed by atoms with Gasteiger partial charge in [0.25, 0.3) is 0 Å². The number of urea groups is 1. The number of methoxy groups -OCH3 is 1.